The highest BCUT2D eigenvalue weighted by molar-refractivity contribution is 5.57. The molecule has 0 heterocycles. The van der Waals surface area contributed by atoms with Crippen LogP contribution in [0.3, 0.4) is 0 Å². The molecule has 1 aromatic rings. The predicted molar refractivity (Wildman–Crippen MR) is 68.0 cm³/mol. The Kier molecular flexibility index (Phi) is 3.34. The van der Waals surface area contributed by atoms with E-state index in [1.54, 1.807) is 0 Å². The quantitative estimate of drug-likeness (QED) is 0.818. The van der Waals surface area contributed by atoms with Gasteiger partial charge in [0, 0.05) is 25.5 Å². The SMILES string of the molecule is CN(C)c1cccc(NC2CCCC2O)c1. The van der Waals surface area contributed by atoms with Gasteiger partial charge in [-0.3, -0.25) is 0 Å². The zero-order valence-corrected chi connectivity index (χ0v) is 9.98. The molecule has 3 nitrogen and oxygen atoms in total. The summed E-state index contributed by atoms with van der Waals surface area (Å²) in [4.78, 5) is 2.08. The minimum atomic E-state index is -0.192. The molecule has 3 heteroatoms. The Labute approximate surface area is 97.1 Å². The second-order valence-corrected chi connectivity index (χ2v) is 4.69. The van der Waals surface area contributed by atoms with Gasteiger partial charge in [0.15, 0.2) is 0 Å². The molecular weight excluding hydrogens is 200 g/mol. The highest BCUT2D eigenvalue weighted by Gasteiger charge is 2.24. The van der Waals surface area contributed by atoms with Crippen LogP contribution in [0.1, 0.15) is 19.3 Å². The van der Waals surface area contributed by atoms with Crippen LogP contribution in [0.2, 0.25) is 0 Å². The summed E-state index contributed by atoms with van der Waals surface area (Å²) in [5.74, 6) is 0. The first kappa shape index (κ1) is 11.3. The molecule has 1 aliphatic rings. The first-order valence-electron chi connectivity index (χ1n) is 5.89. The molecule has 0 spiro atoms. The number of nitrogens with one attached hydrogen (secondary N) is 1. The Morgan fingerprint density at radius 1 is 1.31 bits per heavy atom. The second kappa shape index (κ2) is 4.74. The van der Waals surface area contributed by atoms with Gasteiger partial charge in [0.2, 0.25) is 0 Å². The molecule has 2 atom stereocenters. The van der Waals surface area contributed by atoms with E-state index in [1.165, 1.54) is 5.69 Å². The van der Waals surface area contributed by atoms with Crippen LogP contribution >= 0.6 is 0 Å². The van der Waals surface area contributed by atoms with Gasteiger partial charge in [-0.15, -0.1) is 0 Å². The van der Waals surface area contributed by atoms with Crippen molar-refractivity contribution in [1.29, 1.82) is 0 Å². The van der Waals surface area contributed by atoms with Gasteiger partial charge in [0.1, 0.15) is 0 Å². The Morgan fingerprint density at radius 3 is 2.75 bits per heavy atom. The van der Waals surface area contributed by atoms with E-state index in [2.05, 4.69) is 28.4 Å². The number of rotatable bonds is 3. The molecule has 1 saturated carbocycles. The molecule has 0 aliphatic heterocycles. The molecule has 0 bridgehead atoms. The standard InChI is InChI=1S/C13H20N2O/c1-15(2)11-6-3-5-10(9-11)14-12-7-4-8-13(12)16/h3,5-6,9,12-14,16H,4,7-8H2,1-2H3. The number of anilines is 2. The second-order valence-electron chi connectivity index (χ2n) is 4.69. The van der Waals surface area contributed by atoms with E-state index in [9.17, 15) is 5.11 Å². The number of aliphatic hydroxyl groups excluding tert-OH is 1. The monoisotopic (exact) mass is 220 g/mol. The minimum Gasteiger partial charge on any atom is -0.391 e. The van der Waals surface area contributed by atoms with Crippen molar-refractivity contribution in [2.24, 2.45) is 0 Å². The average Bonchev–Trinajstić information content (AvgIpc) is 2.65. The highest BCUT2D eigenvalue weighted by atomic mass is 16.3. The molecule has 2 N–H and O–H groups in total. The van der Waals surface area contributed by atoms with Gasteiger partial charge in [0.05, 0.1) is 12.1 Å². The zero-order chi connectivity index (χ0) is 11.5. The normalized spacial score (nSPS) is 24.4. The molecular formula is C13H20N2O. The summed E-state index contributed by atoms with van der Waals surface area (Å²) in [5.41, 5.74) is 2.27. The topological polar surface area (TPSA) is 35.5 Å². The number of benzene rings is 1. The van der Waals surface area contributed by atoms with Gasteiger partial charge in [-0.2, -0.15) is 0 Å². The predicted octanol–water partition coefficient (Wildman–Crippen LogP) is 2.08. The molecule has 0 saturated heterocycles. The summed E-state index contributed by atoms with van der Waals surface area (Å²) in [6.07, 6.45) is 2.91. The van der Waals surface area contributed by atoms with Gasteiger partial charge < -0.3 is 15.3 Å². The van der Waals surface area contributed by atoms with E-state index in [4.69, 9.17) is 0 Å². The van der Waals surface area contributed by atoms with Crippen LogP contribution in [0.15, 0.2) is 24.3 Å². The maximum Gasteiger partial charge on any atom is 0.0741 e. The summed E-state index contributed by atoms with van der Waals surface area (Å²) >= 11 is 0. The summed E-state index contributed by atoms with van der Waals surface area (Å²) in [6, 6.07) is 8.51. The third-order valence-electron chi connectivity index (χ3n) is 3.19. The maximum absolute atomic E-state index is 9.76. The van der Waals surface area contributed by atoms with E-state index in [0.717, 1.165) is 24.9 Å². The summed E-state index contributed by atoms with van der Waals surface area (Å²) < 4.78 is 0. The fourth-order valence-electron chi connectivity index (χ4n) is 2.20. The highest BCUT2D eigenvalue weighted by Crippen LogP contribution is 2.24. The van der Waals surface area contributed by atoms with Crippen molar-refractivity contribution in [3.8, 4) is 0 Å². The zero-order valence-electron chi connectivity index (χ0n) is 9.98. The molecule has 0 amide bonds. The number of aliphatic hydroxyl groups is 1. The van der Waals surface area contributed by atoms with Gasteiger partial charge in [-0.05, 0) is 37.5 Å². The summed E-state index contributed by atoms with van der Waals surface area (Å²) in [6.45, 7) is 0. The molecule has 1 aromatic carbocycles. The first-order valence-corrected chi connectivity index (χ1v) is 5.89. The third-order valence-corrected chi connectivity index (χ3v) is 3.19. The lowest BCUT2D eigenvalue weighted by molar-refractivity contribution is 0.172. The molecule has 1 aliphatic carbocycles. The Balaban J connectivity index is 2.06. The largest absolute Gasteiger partial charge is 0.391 e. The van der Waals surface area contributed by atoms with Crippen LogP contribution in [0.25, 0.3) is 0 Å². The van der Waals surface area contributed by atoms with Gasteiger partial charge in [-0.1, -0.05) is 6.07 Å². The Hall–Kier alpha value is -1.22. The van der Waals surface area contributed by atoms with Crippen molar-refractivity contribution in [2.75, 3.05) is 24.3 Å². The summed E-state index contributed by atoms with van der Waals surface area (Å²) in [5, 5.41) is 13.2. The Morgan fingerprint density at radius 2 is 2.12 bits per heavy atom. The third kappa shape index (κ3) is 2.47. The lowest BCUT2D eigenvalue weighted by atomic mass is 10.2. The fraction of sp³-hybridized carbons (Fsp3) is 0.538. The van der Waals surface area contributed by atoms with E-state index in [-0.39, 0.29) is 12.1 Å². The van der Waals surface area contributed by atoms with Crippen molar-refractivity contribution in [1.82, 2.24) is 0 Å². The first-order chi connectivity index (χ1) is 7.66. The Bertz CT molecular complexity index is 352. The van der Waals surface area contributed by atoms with Crippen LogP contribution in [0.4, 0.5) is 11.4 Å². The van der Waals surface area contributed by atoms with Crippen LogP contribution < -0.4 is 10.2 Å². The van der Waals surface area contributed by atoms with Crippen molar-refractivity contribution < 1.29 is 5.11 Å². The molecule has 0 radical (unpaired) electrons. The van der Waals surface area contributed by atoms with Crippen LogP contribution in [-0.2, 0) is 0 Å². The molecule has 2 unspecified atom stereocenters. The molecule has 88 valence electrons. The fourth-order valence-corrected chi connectivity index (χ4v) is 2.20. The van der Waals surface area contributed by atoms with Crippen LogP contribution in [0, 0.1) is 0 Å². The van der Waals surface area contributed by atoms with E-state index < -0.39 is 0 Å². The molecule has 16 heavy (non-hydrogen) atoms. The van der Waals surface area contributed by atoms with E-state index in [0.29, 0.717) is 0 Å². The number of nitrogens with zero attached hydrogens (tertiary/aromatic N) is 1. The van der Waals surface area contributed by atoms with Gasteiger partial charge in [-0.25, -0.2) is 0 Å². The van der Waals surface area contributed by atoms with Crippen molar-refractivity contribution in [2.45, 2.75) is 31.4 Å². The maximum atomic E-state index is 9.76. The molecule has 0 aromatic heterocycles. The van der Waals surface area contributed by atoms with E-state index >= 15 is 0 Å². The number of hydrogen-bond acceptors (Lipinski definition) is 3. The van der Waals surface area contributed by atoms with Crippen LogP contribution in [-0.4, -0.2) is 31.3 Å². The smallest absolute Gasteiger partial charge is 0.0741 e. The van der Waals surface area contributed by atoms with Gasteiger partial charge in [0.25, 0.3) is 0 Å². The molecule has 1 fully saturated rings. The molecule has 2 rings (SSSR count). The van der Waals surface area contributed by atoms with E-state index in [1.807, 2.05) is 20.2 Å². The minimum absolute atomic E-state index is 0.192. The summed E-state index contributed by atoms with van der Waals surface area (Å²) in [7, 11) is 4.06. The average molecular weight is 220 g/mol. The lowest BCUT2D eigenvalue weighted by Gasteiger charge is -2.19. The van der Waals surface area contributed by atoms with Crippen molar-refractivity contribution in [3.05, 3.63) is 24.3 Å². The van der Waals surface area contributed by atoms with Gasteiger partial charge >= 0.3 is 0 Å². The number of hydrogen-bond donors (Lipinski definition) is 2. The van der Waals surface area contributed by atoms with Crippen molar-refractivity contribution >= 4 is 11.4 Å². The van der Waals surface area contributed by atoms with Crippen molar-refractivity contribution in [3.63, 3.8) is 0 Å². The lowest BCUT2D eigenvalue weighted by Crippen LogP contribution is -2.27. The van der Waals surface area contributed by atoms with Crippen LogP contribution in [0.5, 0.6) is 0 Å².